The molecule has 0 spiro atoms. The van der Waals surface area contributed by atoms with Gasteiger partial charge in [-0.05, 0) is 73.5 Å². The van der Waals surface area contributed by atoms with E-state index in [0.717, 1.165) is 11.1 Å². The van der Waals surface area contributed by atoms with Crippen LogP contribution in [0.25, 0.3) is 0 Å². The van der Waals surface area contributed by atoms with Gasteiger partial charge in [-0.1, -0.05) is 59.7 Å². The first-order chi connectivity index (χ1) is 18.4. The first-order valence-electron chi connectivity index (χ1n) is 11.7. The van der Waals surface area contributed by atoms with Gasteiger partial charge in [-0.25, -0.2) is 8.42 Å². The van der Waals surface area contributed by atoms with Gasteiger partial charge in [0.05, 0.1) is 32.8 Å². The average molecular weight is 587 g/mol. The van der Waals surface area contributed by atoms with Crippen LogP contribution >= 0.6 is 0 Å². The van der Waals surface area contributed by atoms with Crippen molar-refractivity contribution < 1.29 is 33.6 Å². The van der Waals surface area contributed by atoms with Crippen LogP contribution in [-0.4, -0.2) is 25.3 Å². The van der Waals surface area contributed by atoms with Crippen LogP contribution in [0.5, 0.6) is 0 Å². The fraction of sp³-hybridized carbons (Fsp3) is 0.143. The quantitative estimate of drug-likeness (QED) is 0.240. The summed E-state index contributed by atoms with van der Waals surface area (Å²) < 4.78 is 87.9. The van der Waals surface area contributed by atoms with Gasteiger partial charge in [0.2, 0.25) is 9.84 Å². The highest BCUT2D eigenvalue weighted by molar-refractivity contribution is 7.91. The fourth-order valence-electron chi connectivity index (χ4n) is 3.61. The van der Waals surface area contributed by atoms with Crippen LogP contribution in [0.3, 0.4) is 0 Å². The lowest BCUT2D eigenvalue weighted by atomic mass is 10.1. The third-order valence-corrected chi connectivity index (χ3v) is 10.2. The van der Waals surface area contributed by atoms with E-state index in [1.807, 2.05) is 13.8 Å². The van der Waals surface area contributed by atoms with E-state index >= 15 is 0 Å². The maximum absolute atomic E-state index is 13.2. The van der Waals surface area contributed by atoms with Crippen LogP contribution in [0.15, 0.2) is 117 Å². The highest BCUT2D eigenvalue weighted by Gasteiger charge is 2.22. The molecule has 8 nitrogen and oxygen atoms in total. The second-order valence-electron chi connectivity index (χ2n) is 8.81. The molecule has 39 heavy (non-hydrogen) atoms. The Bertz CT molecular complexity index is 1780. The molecule has 11 heteroatoms. The van der Waals surface area contributed by atoms with Crippen molar-refractivity contribution in [2.45, 2.75) is 46.6 Å². The Morgan fingerprint density at radius 3 is 1.41 bits per heavy atom. The molecule has 0 saturated carbocycles. The SMILES string of the molecule is Cc1ccc(S(=O)(=O)OCc2ccc(S(=O)(=O)c3ccccc3)cc2COS(=O)(=O)c2ccc(C)cc2)cc1. The minimum Gasteiger partial charge on any atom is -0.262 e. The number of rotatable bonds is 10. The van der Waals surface area contributed by atoms with Crippen LogP contribution in [0.2, 0.25) is 0 Å². The van der Waals surface area contributed by atoms with E-state index in [1.165, 1.54) is 54.6 Å². The Morgan fingerprint density at radius 2 is 0.923 bits per heavy atom. The van der Waals surface area contributed by atoms with Crippen molar-refractivity contribution in [3.63, 3.8) is 0 Å². The van der Waals surface area contributed by atoms with E-state index in [1.54, 1.807) is 42.5 Å². The molecule has 0 aromatic heterocycles. The van der Waals surface area contributed by atoms with Crippen LogP contribution in [-0.2, 0) is 51.7 Å². The monoisotopic (exact) mass is 586 g/mol. The molecule has 204 valence electrons. The van der Waals surface area contributed by atoms with Gasteiger partial charge < -0.3 is 0 Å². The van der Waals surface area contributed by atoms with Gasteiger partial charge in [-0.3, -0.25) is 8.37 Å². The molecule has 0 atom stereocenters. The van der Waals surface area contributed by atoms with E-state index in [-0.39, 0.29) is 30.7 Å². The van der Waals surface area contributed by atoms with Gasteiger partial charge in [-0.15, -0.1) is 0 Å². The maximum Gasteiger partial charge on any atom is 0.297 e. The molecule has 0 N–H and O–H groups in total. The van der Waals surface area contributed by atoms with Gasteiger partial charge in [0.1, 0.15) is 0 Å². The zero-order valence-electron chi connectivity index (χ0n) is 21.1. The van der Waals surface area contributed by atoms with Crippen molar-refractivity contribution >= 4 is 30.1 Å². The Kier molecular flexibility index (Phi) is 8.38. The second kappa shape index (κ2) is 11.4. The highest BCUT2D eigenvalue weighted by Crippen LogP contribution is 2.26. The summed E-state index contributed by atoms with van der Waals surface area (Å²) in [6.45, 7) is 2.62. The van der Waals surface area contributed by atoms with Crippen molar-refractivity contribution in [1.82, 2.24) is 0 Å². The summed E-state index contributed by atoms with van der Waals surface area (Å²) in [6.07, 6.45) is 0. The molecule has 4 rings (SSSR count). The van der Waals surface area contributed by atoms with Crippen LogP contribution < -0.4 is 0 Å². The van der Waals surface area contributed by atoms with Crippen LogP contribution in [0, 0.1) is 13.8 Å². The third-order valence-electron chi connectivity index (χ3n) is 5.90. The van der Waals surface area contributed by atoms with E-state index < -0.39 is 43.3 Å². The number of hydrogen-bond donors (Lipinski definition) is 0. The molecule has 0 aliphatic rings. The minimum atomic E-state index is -4.19. The number of aryl methyl sites for hydroxylation is 2. The summed E-state index contributed by atoms with van der Waals surface area (Å²) in [5, 5.41) is 0. The van der Waals surface area contributed by atoms with Crippen molar-refractivity contribution in [3.8, 4) is 0 Å². The predicted molar refractivity (Wildman–Crippen MR) is 145 cm³/mol. The zero-order valence-corrected chi connectivity index (χ0v) is 23.6. The van der Waals surface area contributed by atoms with E-state index in [0.29, 0.717) is 0 Å². The summed E-state index contributed by atoms with van der Waals surface area (Å²) in [4.78, 5) is -0.169. The van der Waals surface area contributed by atoms with Crippen LogP contribution in [0.1, 0.15) is 22.3 Å². The van der Waals surface area contributed by atoms with Gasteiger partial charge >= 0.3 is 0 Å². The summed E-state index contributed by atoms with van der Waals surface area (Å²) in [5.74, 6) is 0. The molecular formula is C28H26O8S3. The fourth-order valence-corrected chi connectivity index (χ4v) is 6.72. The molecule has 0 fully saturated rings. The Labute approximate surface area is 229 Å². The molecule has 0 aliphatic carbocycles. The molecule has 0 unspecified atom stereocenters. The maximum atomic E-state index is 13.2. The molecule has 0 bridgehead atoms. The van der Waals surface area contributed by atoms with Gasteiger partial charge in [0.15, 0.2) is 0 Å². The summed E-state index contributed by atoms with van der Waals surface area (Å²) >= 11 is 0. The first-order valence-corrected chi connectivity index (χ1v) is 16.0. The summed E-state index contributed by atoms with van der Waals surface area (Å²) in [7, 11) is -12.3. The highest BCUT2D eigenvalue weighted by atomic mass is 32.2. The normalized spacial score (nSPS) is 12.4. The molecule has 4 aromatic carbocycles. The number of benzene rings is 4. The lowest BCUT2D eigenvalue weighted by molar-refractivity contribution is 0.288. The van der Waals surface area contributed by atoms with Gasteiger partial charge in [0.25, 0.3) is 20.2 Å². The average Bonchev–Trinajstić information content (AvgIpc) is 2.92. The van der Waals surface area contributed by atoms with Crippen molar-refractivity contribution in [3.05, 3.63) is 119 Å². The van der Waals surface area contributed by atoms with E-state index in [9.17, 15) is 25.3 Å². The van der Waals surface area contributed by atoms with Gasteiger partial charge in [-0.2, -0.15) is 16.8 Å². The lowest BCUT2D eigenvalue weighted by Gasteiger charge is -2.14. The Hall–Kier alpha value is -3.35. The van der Waals surface area contributed by atoms with Crippen LogP contribution in [0.4, 0.5) is 0 Å². The minimum absolute atomic E-state index is 0.0453. The molecule has 4 aromatic rings. The second-order valence-corrected chi connectivity index (χ2v) is 14.0. The molecule has 0 radical (unpaired) electrons. The standard InChI is InChI=1S/C28H26O8S3/c1-21-8-13-26(14-9-21)38(31,32)35-19-23-12-17-28(37(29,30)25-6-4-3-5-7-25)18-24(23)20-36-39(33,34)27-15-10-22(2)11-16-27/h3-18H,19-20H2,1-2H3. The largest absolute Gasteiger partial charge is 0.297 e. The lowest BCUT2D eigenvalue weighted by Crippen LogP contribution is -2.11. The van der Waals surface area contributed by atoms with Crippen molar-refractivity contribution in [1.29, 1.82) is 0 Å². The summed E-state index contributed by atoms with van der Waals surface area (Å²) in [6, 6.07) is 23.9. The number of sulfone groups is 1. The molecule has 0 saturated heterocycles. The Morgan fingerprint density at radius 1 is 0.487 bits per heavy atom. The predicted octanol–water partition coefficient (Wildman–Crippen LogP) is 4.95. The molecular weight excluding hydrogens is 561 g/mol. The van der Waals surface area contributed by atoms with Crippen molar-refractivity contribution in [2.24, 2.45) is 0 Å². The zero-order chi connectivity index (χ0) is 28.3. The Balaban J connectivity index is 1.67. The number of hydrogen-bond acceptors (Lipinski definition) is 8. The molecule has 0 amide bonds. The molecule has 0 heterocycles. The van der Waals surface area contributed by atoms with E-state index in [2.05, 4.69) is 0 Å². The topological polar surface area (TPSA) is 121 Å². The smallest absolute Gasteiger partial charge is 0.262 e. The molecule has 0 aliphatic heterocycles. The van der Waals surface area contributed by atoms with Crippen molar-refractivity contribution in [2.75, 3.05) is 0 Å². The third kappa shape index (κ3) is 6.81. The van der Waals surface area contributed by atoms with Gasteiger partial charge in [0, 0.05) is 0 Å². The summed E-state index contributed by atoms with van der Waals surface area (Å²) in [5.41, 5.74) is 2.12. The first kappa shape index (κ1) is 28.7. The van der Waals surface area contributed by atoms with E-state index in [4.69, 9.17) is 8.37 Å².